The molecule has 1 amide bonds. The van der Waals surface area contributed by atoms with Crippen molar-refractivity contribution in [2.75, 3.05) is 20.3 Å². The molecule has 0 aliphatic carbocycles. The van der Waals surface area contributed by atoms with Gasteiger partial charge in [0.2, 0.25) is 0 Å². The van der Waals surface area contributed by atoms with E-state index >= 15 is 0 Å². The molecule has 0 bridgehead atoms. The van der Waals surface area contributed by atoms with Crippen LogP contribution in [0.3, 0.4) is 0 Å². The van der Waals surface area contributed by atoms with E-state index in [9.17, 15) is 18.4 Å². The minimum absolute atomic E-state index is 0.0379. The number of carbonyl (C=O) groups excluding carboxylic acids is 2. The smallest absolute Gasteiger partial charge is 0.387 e. The van der Waals surface area contributed by atoms with Gasteiger partial charge in [-0.05, 0) is 48.4 Å². The summed E-state index contributed by atoms with van der Waals surface area (Å²) >= 11 is 0. The van der Waals surface area contributed by atoms with Gasteiger partial charge >= 0.3 is 12.6 Å². The van der Waals surface area contributed by atoms with Crippen LogP contribution >= 0.6 is 0 Å². The number of carbonyl (C=O) groups is 2. The zero-order valence-electron chi connectivity index (χ0n) is 16.7. The van der Waals surface area contributed by atoms with Gasteiger partial charge < -0.3 is 19.1 Å². The van der Waals surface area contributed by atoms with E-state index in [0.717, 1.165) is 11.3 Å². The van der Waals surface area contributed by atoms with Gasteiger partial charge in [-0.3, -0.25) is 4.79 Å². The number of nitrogens with zero attached hydrogens (tertiary/aromatic N) is 1. The molecule has 0 spiro atoms. The van der Waals surface area contributed by atoms with Crippen LogP contribution in [0.4, 0.5) is 8.78 Å². The molecule has 0 aliphatic heterocycles. The quantitative estimate of drug-likeness (QED) is 0.432. The molecule has 8 heteroatoms. The Morgan fingerprint density at radius 2 is 1.67 bits per heavy atom. The number of hydrogen-bond donors (Lipinski definition) is 0. The predicted octanol–water partition coefficient (Wildman–Crippen LogP) is 3.90. The normalized spacial score (nSPS) is 10.8. The van der Waals surface area contributed by atoms with Crippen molar-refractivity contribution in [2.24, 2.45) is 0 Å². The maximum Gasteiger partial charge on any atom is 0.387 e. The van der Waals surface area contributed by atoms with Crippen LogP contribution in [0.2, 0.25) is 0 Å². The largest absolute Gasteiger partial charge is 0.494 e. The molecular weight excluding hydrogens is 396 g/mol. The molecule has 0 saturated carbocycles. The average Bonchev–Trinajstić information content (AvgIpc) is 2.72. The Hall–Kier alpha value is -3.42. The van der Waals surface area contributed by atoms with Crippen molar-refractivity contribution in [1.82, 2.24) is 4.90 Å². The van der Waals surface area contributed by atoms with Crippen molar-refractivity contribution < 1.29 is 32.6 Å². The lowest BCUT2D eigenvalue weighted by atomic mass is 10.2. The summed E-state index contributed by atoms with van der Waals surface area (Å²) in [6.07, 6.45) is 2.82. The SMILES string of the molecule is CCOc1ccc(/C=C/C(=O)OCC(=O)N(C)Cc2ccc(OC(F)F)cc2)cc1. The molecule has 160 valence electrons. The van der Waals surface area contributed by atoms with Gasteiger partial charge in [0, 0.05) is 19.7 Å². The summed E-state index contributed by atoms with van der Waals surface area (Å²) in [6.45, 7) is -0.603. The highest BCUT2D eigenvalue weighted by Crippen LogP contribution is 2.16. The third kappa shape index (κ3) is 7.90. The lowest BCUT2D eigenvalue weighted by molar-refractivity contribution is -0.147. The van der Waals surface area contributed by atoms with Crippen LogP contribution in [-0.2, 0) is 20.9 Å². The van der Waals surface area contributed by atoms with Crippen LogP contribution in [0.25, 0.3) is 6.08 Å². The Kier molecular flexibility index (Phi) is 8.80. The second-order valence-corrected chi connectivity index (χ2v) is 6.22. The second-order valence-electron chi connectivity index (χ2n) is 6.22. The fourth-order valence-corrected chi connectivity index (χ4v) is 2.44. The van der Waals surface area contributed by atoms with E-state index in [0.29, 0.717) is 12.2 Å². The molecule has 0 atom stereocenters. The minimum atomic E-state index is -2.89. The van der Waals surface area contributed by atoms with Crippen LogP contribution in [0, 0.1) is 0 Å². The monoisotopic (exact) mass is 419 g/mol. The third-order valence-corrected chi connectivity index (χ3v) is 3.93. The molecule has 2 aromatic rings. The first-order valence-electron chi connectivity index (χ1n) is 9.22. The number of alkyl halides is 2. The van der Waals surface area contributed by atoms with Crippen molar-refractivity contribution in [2.45, 2.75) is 20.1 Å². The number of rotatable bonds is 10. The molecule has 0 N–H and O–H groups in total. The van der Waals surface area contributed by atoms with Crippen molar-refractivity contribution in [3.63, 3.8) is 0 Å². The fourth-order valence-electron chi connectivity index (χ4n) is 2.44. The molecule has 0 aliphatic rings. The summed E-state index contributed by atoms with van der Waals surface area (Å²) in [5, 5.41) is 0. The molecule has 0 radical (unpaired) electrons. The van der Waals surface area contributed by atoms with Gasteiger partial charge in [0.05, 0.1) is 6.61 Å². The first-order valence-corrected chi connectivity index (χ1v) is 9.22. The van der Waals surface area contributed by atoms with E-state index in [-0.39, 0.29) is 12.3 Å². The van der Waals surface area contributed by atoms with E-state index in [1.807, 2.05) is 6.92 Å². The predicted molar refractivity (Wildman–Crippen MR) is 107 cm³/mol. The Morgan fingerprint density at radius 3 is 2.27 bits per heavy atom. The van der Waals surface area contributed by atoms with E-state index in [4.69, 9.17) is 9.47 Å². The van der Waals surface area contributed by atoms with Crippen LogP contribution in [0.5, 0.6) is 11.5 Å². The van der Waals surface area contributed by atoms with Gasteiger partial charge in [0.25, 0.3) is 5.91 Å². The topological polar surface area (TPSA) is 65.1 Å². The van der Waals surface area contributed by atoms with Crippen LogP contribution in [0.1, 0.15) is 18.1 Å². The zero-order valence-corrected chi connectivity index (χ0v) is 16.7. The summed E-state index contributed by atoms with van der Waals surface area (Å²) in [5.41, 5.74) is 1.51. The van der Waals surface area contributed by atoms with Gasteiger partial charge in [-0.25, -0.2) is 4.79 Å². The van der Waals surface area contributed by atoms with E-state index in [1.54, 1.807) is 49.5 Å². The van der Waals surface area contributed by atoms with Gasteiger partial charge in [0.15, 0.2) is 6.61 Å². The molecule has 0 aromatic heterocycles. The highest BCUT2D eigenvalue weighted by molar-refractivity contribution is 5.89. The van der Waals surface area contributed by atoms with Crippen LogP contribution < -0.4 is 9.47 Å². The Labute approximate surface area is 173 Å². The first-order chi connectivity index (χ1) is 14.4. The van der Waals surface area contributed by atoms with Crippen molar-refractivity contribution in [3.05, 3.63) is 65.7 Å². The standard InChI is InChI=1S/C22H23F2NO5/c1-3-28-18-9-4-16(5-10-18)8-13-21(27)29-15-20(26)25(2)14-17-6-11-19(12-7-17)30-22(23)24/h4-13,22H,3,14-15H2,1-2H3/b13-8+. The number of hydrogen-bond acceptors (Lipinski definition) is 5. The number of halogens is 2. The summed E-state index contributed by atoms with van der Waals surface area (Å²) < 4.78 is 38.9. The molecule has 2 rings (SSSR count). The van der Waals surface area contributed by atoms with Gasteiger partial charge in [-0.1, -0.05) is 24.3 Å². The van der Waals surface area contributed by atoms with Crippen molar-refractivity contribution in [3.8, 4) is 11.5 Å². The van der Waals surface area contributed by atoms with Crippen LogP contribution in [0.15, 0.2) is 54.6 Å². The average molecular weight is 419 g/mol. The Balaban J connectivity index is 1.77. The van der Waals surface area contributed by atoms with E-state index in [1.165, 1.54) is 23.1 Å². The Morgan fingerprint density at radius 1 is 1.03 bits per heavy atom. The van der Waals surface area contributed by atoms with Crippen LogP contribution in [-0.4, -0.2) is 43.6 Å². The zero-order chi connectivity index (χ0) is 21.9. The minimum Gasteiger partial charge on any atom is -0.494 e. The molecule has 2 aromatic carbocycles. The summed E-state index contributed by atoms with van der Waals surface area (Å²) in [6, 6.07) is 13.1. The first kappa shape index (κ1) is 22.9. The van der Waals surface area contributed by atoms with E-state index in [2.05, 4.69) is 4.74 Å². The maximum absolute atomic E-state index is 12.2. The lowest BCUT2D eigenvalue weighted by Gasteiger charge is -2.17. The number of esters is 1. The summed E-state index contributed by atoms with van der Waals surface area (Å²) in [5.74, 6) is -0.261. The molecule has 0 unspecified atom stereocenters. The molecule has 6 nitrogen and oxygen atoms in total. The number of amides is 1. The molecule has 0 fully saturated rings. The maximum atomic E-state index is 12.2. The highest BCUT2D eigenvalue weighted by Gasteiger charge is 2.12. The third-order valence-electron chi connectivity index (χ3n) is 3.93. The second kappa shape index (κ2) is 11.5. The summed E-state index contributed by atoms with van der Waals surface area (Å²) in [7, 11) is 1.55. The van der Waals surface area contributed by atoms with Crippen molar-refractivity contribution in [1.29, 1.82) is 0 Å². The molecule has 0 saturated heterocycles. The van der Waals surface area contributed by atoms with Gasteiger partial charge in [0.1, 0.15) is 11.5 Å². The van der Waals surface area contributed by atoms with Gasteiger partial charge in [-0.2, -0.15) is 8.78 Å². The highest BCUT2D eigenvalue weighted by atomic mass is 19.3. The number of benzene rings is 2. The number of ether oxygens (including phenoxy) is 3. The van der Waals surface area contributed by atoms with Crippen molar-refractivity contribution >= 4 is 18.0 Å². The fraction of sp³-hybridized carbons (Fsp3) is 0.273. The van der Waals surface area contributed by atoms with E-state index < -0.39 is 25.1 Å². The van der Waals surface area contributed by atoms with Gasteiger partial charge in [-0.15, -0.1) is 0 Å². The molecule has 30 heavy (non-hydrogen) atoms. The number of likely N-dealkylation sites (N-methyl/N-ethyl adjacent to an activating group) is 1. The lowest BCUT2D eigenvalue weighted by Crippen LogP contribution is -2.30. The molecular formula is C22H23F2NO5. The molecule has 0 heterocycles. The summed E-state index contributed by atoms with van der Waals surface area (Å²) in [4.78, 5) is 25.3. The Bertz CT molecular complexity index is 851.